The average molecular weight is 132 g/mol. The molecule has 0 amide bonds. The highest BCUT2D eigenvalue weighted by Crippen LogP contribution is 2.16. The Kier molecular flexibility index (Phi) is 0.947. The van der Waals surface area contributed by atoms with Gasteiger partial charge in [-0.3, -0.25) is 0 Å². The van der Waals surface area contributed by atoms with E-state index in [1.165, 1.54) is 0 Å². The van der Waals surface area contributed by atoms with Crippen LogP contribution >= 0.6 is 0 Å². The second kappa shape index (κ2) is 1.77. The Hall–Kier alpha value is -1.44. The summed E-state index contributed by atoms with van der Waals surface area (Å²) in [5.41, 5.74) is 6.28. The third-order valence-corrected chi connectivity index (χ3v) is 1.43. The topological polar surface area (TPSA) is 39.2 Å². The van der Waals surface area contributed by atoms with Crippen molar-refractivity contribution in [2.75, 3.05) is 5.73 Å². The van der Waals surface area contributed by atoms with E-state index in [4.69, 9.17) is 10.2 Å². The molecule has 1 aromatic carbocycles. The van der Waals surface area contributed by atoms with Gasteiger partial charge in [0.25, 0.3) is 0 Å². The van der Waals surface area contributed by atoms with Gasteiger partial charge in [0.15, 0.2) is 6.26 Å². The lowest BCUT2D eigenvalue weighted by atomic mass is 10.2. The van der Waals surface area contributed by atoms with Gasteiger partial charge in [-0.05, 0) is 18.2 Å². The lowest BCUT2D eigenvalue weighted by Crippen LogP contribution is -1.81. The Bertz CT molecular complexity index is 351. The highest BCUT2D eigenvalue weighted by molar-refractivity contribution is 5.83. The van der Waals surface area contributed by atoms with Crippen molar-refractivity contribution >= 4 is 16.5 Å². The smallest absolute Gasteiger partial charge is 0.177 e. The predicted octanol–water partition coefficient (Wildman–Crippen LogP) is 1.82. The molecule has 2 aromatic rings. The summed E-state index contributed by atoms with van der Waals surface area (Å²) < 4.78 is 4.84. The molecule has 2 N–H and O–H groups in total. The minimum absolute atomic E-state index is 0.752. The van der Waals surface area contributed by atoms with E-state index < -0.39 is 0 Å². The molecule has 0 aliphatic rings. The van der Waals surface area contributed by atoms with Crippen molar-refractivity contribution in [1.82, 2.24) is 0 Å². The Morgan fingerprint density at radius 3 is 3.20 bits per heavy atom. The van der Waals surface area contributed by atoms with E-state index in [0.29, 0.717) is 0 Å². The number of anilines is 1. The minimum atomic E-state index is 0.752. The van der Waals surface area contributed by atoms with Crippen LogP contribution in [0.15, 0.2) is 28.9 Å². The van der Waals surface area contributed by atoms with Gasteiger partial charge in [0.05, 0.1) is 6.26 Å². The van der Waals surface area contributed by atoms with Crippen LogP contribution in [0, 0.1) is 6.26 Å². The van der Waals surface area contributed by atoms with Crippen LogP contribution in [0.3, 0.4) is 0 Å². The SMILES string of the molecule is Nc1ccc2[c]occ2c1. The second-order valence-corrected chi connectivity index (χ2v) is 2.18. The molecule has 2 rings (SSSR count). The van der Waals surface area contributed by atoms with E-state index in [0.717, 1.165) is 16.5 Å². The molecule has 1 heterocycles. The molecule has 0 spiro atoms. The maximum Gasteiger partial charge on any atom is 0.177 e. The van der Waals surface area contributed by atoms with Crippen molar-refractivity contribution in [3.8, 4) is 0 Å². The molecule has 0 unspecified atom stereocenters. The van der Waals surface area contributed by atoms with Gasteiger partial charge in [-0.1, -0.05) is 0 Å². The summed E-state index contributed by atoms with van der Waals surface area (Å²) >= 11 is 0. The Labute approximate surface area is 58.2 Å². The van der Waals surface area contributed by atoms with Crippen molar-refractivity contribution in [2.24, 2.45) is 0 Å². The molecule has 0 aliphatic carbocycles. The number of rotatable bonds is 0. The fraction of sp³-hybridized carbons (Fsp3) is 0. The molecule has 2 heteroatoms. The molecular formula is C8H6NO. The van der Waals surface area contributed by atoms with Gasteiger partial charge in [0, 0.05) is 16.5 Å². The van der Waals surface area contributed by atoms with Crippen LogP contribution in [-0.2, 0) is 0 Å². The van der Waals surface area contributed by atoms with Gasteiger partial charge in [-0.15, -0.1) is 0 Å². The molecule has 0 saturated carbocycles. The highest BCUT2D eigenvalue weighted by atomic mass is 16.3. The molecule has 2 nitrogen and oxygen atoms in total. The zero-order chi connectivity index (χ0) is 6.97. The lowest BCUT2D eigenvalue weighted by molar-refractivity contribution is 0.563. The van der Waals surface area contributed by atoms with Gasteiger partial charge in [-0.2, -0.15) is 0 Å². The summed E-state index contributed by atoms with van der Waals surface area (Å²) in [6, 6.07) is 5.57. The maximum atomic E-state index is 5.53. The molecule has 1 aromatic heterocycles. The van der Waals surface area contributed by atoms with Crippen molar-refractivity contribution in [3.63, 3.8) is 0 Å². The zero-order valence-electron chi connectivity index (χ0n) is 5.29. The standard InChI is InChI=1S/C8H6NO/c9-8-2-1-6-4-10-5-7(6)3-8/h1-3,5H,9H2. The lowest BCUT2D eigenvalue weighted by Gasteiger charge is -1.88. The van der Waals surface area contributed by atoms with Crippen LogP contribution in [0.2, 0.25) is 0 Å². The van der Waals surface area contributed by atoms with Crippen LogP contribution < -0.4 is 5.73 Å². The van der Waals surface area contributed by atoms with E-state index in [9.17, 15) is 0 Å². The van der Waals surface area contributed by atoms with Crippen molar-refractivity contribution < 1.29 is 4.42 Å². The zero-order valence-corrected chi connectivity index (χ0v) is 5.29. The van der Waals surface area contributed by atoms with E-state index >= 15 is 0 Å². The van der Waals surface area contributed by atoms with Crippen LogP contribution in [0.25, 0.3) is 10.8 Å². The third kappa shape index (κ3) is 0.658. The number of hydrogen-bond donors (Lipinski definition) is 1. The first-order valence-corrected chi connectivity index (χ1v) is 3.01. The summed E-state index contributed by atoms with van der Waals surface area (Å²) in [4.78, 5) is 0. The van der Waals surface area contributed by atoms with Gasteiger partial charge >= 0.3 is 0 Å². The normalized spacial score (nSPS) is 10.4. The van der Waals surface area contributed by atoms with Crippen LogP contribution in [0.1, 0.15) is 0 Å². The van der Waals surface area contributed by atoms with Crippen LogP contribution in [0.4, 0.5) is 5.69 Å². The first kappa shape index (κ1) is 5.35. The first-order valence-electron chi connectivity index (χ1n) is 3.01. The molecule has 10 heavy (non-hydrogen) atoms. The van der Waals surface area contributed by atoms with Crippen LogP contribution in [-0.4, -0.2) is 0 Å². The van der Waals surface area contributed by atoms with Gasteiger partial charge < -0.3 is 10.2 Å². The minimum Gasteiger partial charge on any atom is -0.460 e. The van der Waals surface area contributed by atoms with E-state index in [1.54, 1.807) is 6.26 Å². The first-order chi connectivity index (χ1) is 4.86. The molecule has 0 fully saturated rings. The summed E-state index contributed by atoms with van der Waals surface area (Å²) in [6.07, 6.45) is 4.35. The summed E-state index contributed by atoms with van der Waals surface area (Å²) in [6.45, 7) is 0. The molecule has 0 bridgehead atoms. The molecule has 0 aliphatic heterocycles. The monoisotopic (exact) mass is 132 g/mol. The molecule has 0 saturated heterocycles. The molecular weight excluding hydrogens is 126 g/mol. The summed E-state index contributed by atoms with van der Waals surface area (Å²) in [7, 11) is 0. The van der Waals surface area contributed by atoms with Crippen LogP contribution in [0.5, 0.6) is 0 Å². The Balaban J connectivity index is 2.86. The van der Waals surface area contributed by atoms with Gasteiger partial charge in [-0.25, -0.2) is 0 Å². The Morgan fingerprint density at radius 2 is 2.30 bits per heavy atom. The largest absolute Gasteiger partial charge is 0.460 e. The fourth-order valence-electron chi connectivity index (χ4n) is 0.928. The number of nitrogens with two attached hydrogens (primary N) is 1. The maximum absolute atomic E-state index is 5.53. The van der Waals surface area contributed by atoms with Gasteiger partial charge in [0.2, 0.25) is 0 Å². The van der Waals surface area contributed by atoms with E-state index in [1.807, 2.05) is 18.2 Å². The predicted molar refractivity (Wildman–Crippen MR) is 39.5 cm³/mol. The third-order valence-electron chi connectivity index (χ3n) is 1.43. The number of benzene rings is 1. The van der Waals surface area contributed by atoms with E-state index in [2.05, 4.69) is 6.26 Å². The quantitative estimate of drug-likeness (QED) is 0.555. The van der Waals surface area contributed by atoms with E-state index in [-0.39, 0.29) is 0 Å². The van der Waals surface area contributed by atoms with Crippen molar-refractivity contribution in [3.05, 3.63) is 30.7 Å². The summed E-state index contributed by atoms with van der Waals surface area (Å²) in [5.74, 6) is 0. The molecule has 0 atom stereocenters. The van der Waals surface area contributed by atoms with Gasteiger partial charge in [0.1, 0.15) is 0 Å². The second-order valence-electron chi connectivity index (χ2n) is 2.18. The average Bonchev–Trinajstić information content (AvgIpc) is 2.33. The molecule has 49 valence electrons. The highest BCUT2D eigenvalue weighted by Gasteiger charge is 1.94. The number of fused-ring (bicyclic) bond motifs is 1. The van der Waals surface area contributed by atoms with Crippen molar-refractivity contribution in [2.45, 2.75) is 0 Å². The summed E-state index contributed by atoms with van der Waals surface area (Å²) in [5, 5.41) is 1.97. The number of hydrogen-bond acceptors (Lipinski definition) is 2. The Morgan fingerprint density at radius 1 is 1.40 bits per heavy atom. The number of furan rings is 1. The number of nitrogen functional groups attached to an aromatic ring is 1. The fourth-order valence-corrected chi connectivity index (χ4v) is 0.928. The molecule has 1 radical (unpaired) electrons. The van der Waals surface area contributed by atoms with Crippen molar-refractivity contribution in [1.29, 1.82) is 0 Å².